The Hall–Kier alpha value is -1.26. The molecule has 5 nitrogen and oxygen atoms in total. The van der Waals surface area contributed by atoms with Crippen LogP contribution < -0.4 is 0 Å². The number of carboxylic acid groups (broad SMARTS) is 1. The van der Waals surface area contributed by atoms with E-state index in [1.54, 1.807) is 0 Å². The maximum absolute atomic E-state index is 12.6. The van der Waals surface area contributed by atoms with Gasteiger partial charge in [0, 0.05) is 32.6 Å². The zero-order valence-electron chi connectivity index (χ0n) is 12.9. The number of rotatable bonds is 3. The number of likely N-dealkylation sites (tertiary alicyclic amines) is 2. The number of amides is 2. The topological polar surface area (TPSA) is 60.9 Å². The molecule has 120 valence electrons. The van der Waals surface area contributed by atoms with E-state index in [2.05, 4.69) is 0 Å². The second-order valence-electron chi connectivity index (χ2n) is 6.42. The molecule has 2 aliphatic rings. The summed E-state index contributed by atoms with van der Waals surface area (Å²) in [7, 11) is 0. The van der Waals surface area contributed by atoms with Gasteiger partial charge in [-0.2, -0.15) is 0 Å². The average Bonchev–Trinajstić information content (AvgIpc) is 2.44. The molecule has 1 N–H and O–H groups in total. The maximum atomic E-state index is 12.6. The molecule has 2 heterocycles. The molecule has 0 aromatic heterocycles. The first-order valence-corrected chi connectivity index (χ1v) is 8.42. The van der Waals surface area contributed by atoms with E-state index in [9.17, 15) is 9.59 Å². The van der Waals surface area contributed by atoms with Crippen molar-refractivity contribution in [1.82, 2.24) is 9.80 Å². The number of hydrogen-bond donors (Lipinski definition) is 1. The Morgan fingerprint density at radius 1 is 0.905 bits per heavy atom. The number of carbonyl (C=O) groups is 2. The van der Waals surface area contributed by atoms with E-state index in [4.69, 9.17) is 5.11 Å². The number of urea groups is 1. The van der Waals surface area contributed by atoms with Gasteiger partial charge in [0.25, 0.3) is 0 Å². The number of aliphatic carboxylic acids is 1. The molecule has 1 unspecified atom stereocenters. The first-order chi connectivity index (χ1) is 10.2. The number of carbonyl (C=O) groups excluding carboxylic acids is 1. The molecule has 0 aromatic carbocycles. The zero-order chi connectivity index (χ0) is 15.1. The molecular formula is C16H28N2O3. The van der Waals surface area contributed by atoms with Gasteiger partial charge < -0.3 is 14.9 Å². The molecule has 0 radical (unpaired) electrons. The van der Waals surface area contributed by atoms with Crippen molar-refractivity contribution in [2.45, 2.75) is 57.8 Å². The van der Waals surface area contributed by atoms with E-state index in [-0.39, 0.29) is 12.5 Å². The monoisotopic (exact) mass is 296 g/mol. The molecule has 2 fully saturated rings. The summed E-state index contributed by atoms with van der Waals surface area (Å²) in [6.07, 6.45) is 8.94. The predicted molar refractivity (Wildman–Crippen MR) is 81.2 cm³/mol. The number of nitrogens with zero attached hydrogens (tertiary/aromatic N) is 2. The lowest BCUT2D eigenvalue weighted by Crippen LogP contribution is -2.48. The molecule has 0 bridgehead atoms. The summed E-state index contributed by atoms with van der Waals surface area (Å²) in [6, 6.07) is 0.178. The lowest BCUT2D eigenvalue weighted by Gasteiger charge is -2.37. The minimum atomic E-state index is -0.734. The highest BCUT2D eigenvalue weighted by Gasteiger charge is 2.27. The highest BCUT2D eigenvalue weighted by atomic mass is 16.4. The van der Waals surface area contributed by atoms with Gasteiger partial charge in [-0.15, -0.1) is 0 Å². The fourth-order valence-electron chi connectivity index (χ4n) is 3.44. The van der Waals surface area contributed by atoms with Crippen molar-refractivity contribution >= 4 is 12.0 Å². The van der Waals surface area contributed by atoms with E-state index in [1.807, 2.05) is 9.80 Å². The fourth-order valence-corrected chi connectivity index (χ4v) is 3.44. The molecule has 5 heteroatoms. The van der Waals surface area contributed by atoms with Crippen LogP contribution >= 0.6 is 0 Å². The van der Waals surface area contributed by atoms with Crippen molar-refractivity contribution in [2.24, 2.45) is 5.92 Å². The van der Waals surface area contributed by atoms with Crippen molar-refractivity contribution in [3.05, 3.63) is 0 Å². The molecule has 2 rings (SSSR count). The van der Waals surface area contributed by atoms with Crippen LogP contribution in [0.1, 0.15) is 57.8 Å². The smallest absolute Gasteiger partial charge is 0.320 e. The van der Waals surface area contributed by atoms with Crippen LogP contribution in [-0.2, 0) is 4.79 Å². The Balaban J connectivity index is 1.83. The molecule has 2 saturated heterocycles. The Bertz CT molecular complexity index is 351. The molecule has 1 atom stereocenters. The van der Waals surface area contributed by atoms with Crippen LogP contribution in [0.5, 0.6) is 0 Å². The number of carboxylic acids is 1. The SMILES string of the molecule is O=C(O)CCC1CCCN(C(=O)N2CCCCCCC2)C1. The Morgan fingerprint density at radius 2 is 1.52 bits per heavy atom. The summed E-state index contributed by atoms with van der Waals surface area (Å²) in [5, 5.41) is 8.79. The van der Waals surface area contributed by atoms with Gasteiger partial charge in [0.15, 0.2) is 0 Å². The van der Waals surface area contributed by atoms with E-state index < -0.39 is 5.97 Å². The third kappa shape index (κ3) is 5.21. The highest BCUT2D eigenvalue weighted by Crippen LogP contribution is 2.22. The standard InChI is InChI=1S/C16H28N2O3/c19-15(20)9-8-14-7-6-12-18(13-14)16(21)17-10-4-2-1-3-5-11-17/h14H,1-13H2,(H,19,20). The van der Waals surface area contributed by atoms with Crippen LogP contribution in [0.4, 0.5) is 4.79 Å². The van der Waals surface area contributed by atoms with Crippen LogP contribution in [0.3, 0.4) is 0 Å². The number of hydrogen-bond acceptors (Lipinski definition) is 2. The largest absolute Gasteiger partial charge is 0.481 e. The van der Waals surface area contributed by atoms with Gasteiger partial charge in [0.1, 0.15) is 0 Å². The lowest BCUT2D eigenvalue weighted by molar-refractivity contribution is -0.137. The minimum Gasteiger partial charge on any atom is -0.481 e. The van der Waals surface area contributed by atoms with Crippen molar-refractivity contribution in [2.75, 3.05) is 26.2 Å². The van der Waals surface area contributed by atoms with Crippen LogP contribution in [0.25, 0.3) is 0 Å². The molecule has 0 saturated carbocycles. The van der Waals surface area contributed by atoms with Crippen molar-refractivity contribution in [3.63, 3.8) is 0 Å². The highest BCUT2D eigenvalue weighted by molar-refractivity contribution is 5.74. The molecule has 2 aliphatic heterocycles. The van der Waals surface area contributed by atoms with Gasteiger partial charge in [-0.1, -0.05) is 19.3 Å². The molecule has 0 aromatic rings. The molecular weight excluding hydrogens is 268 g/mol. The third-order valence-electron chi connectivity index (χ3n) is 4.68. The third-order valence-corrected chi connectivity index (χ3v) is 4.68. The Kier molecular flexibility index (Phi) is 6.33. The minimum absolute atomic E-state index is 0.178. The molecule has 0 spiro atoms. The van der Waals surface area contributed by atoms with Crippen molar-refractivity contribution < 1.29 is 14.7 Å². The van der Waals surface area contributed by atoms with Gasteiger partial charge >= 0.3 is 12.0 Å². The fraction of sp³-hybridized carbons (Fsp3) is 0.875. The lowest BCUT2D eigenvalue weighted by atomic mass is 9.93. The summed E-state index contributed by atoms with van der Waals surface area (Å²) < 4.78 is 0. The zero-order valence-corrected chi connectivity index (χ0v) is 12.9. The molecule has 21 heavy (non-hydrogen) atoms. The van der Waals surface area contributed by atoms with Crippen LogP contribution in [0, 0.1) is 5.92 Å². The Labute approximate surface area is 127 Å². The molecule has 0 aliphatic carbocycles. The van der Waals surface area contributed by atoms with Crippen molar-refractivity contribution in [1.29, 1.82) is 0 Å². The van der Waals surface area contributed by atoms with Gasteiger partial charge in [-0.3, -0.25) is 4.79 Å². The van der Waals surface area contributed by atoms with Gasteiger partial charge in [0.2, 0.25) is 0 Å². The van der Waals surface area contributed by atoms with Gasteiger partial charge in [-0.05, 0) is 38.0 Å². The van der Waals surface area contributed by atoms with E-state index in [1.165, 1.54) is 19.3 Å². The van der Waals surface area contributed by atoms with E-state index in [0.29, 0.717) is 12.3 Å². The summed E-state index contributed by atoms with van der Waals surface area (Å²) in [6.45, 7) is 3.34. The van der Waals surface area contributed by atoms with Crippen LogP contribution in [-0.4, -0.2) is 53.1 Å². The van der Waals surface area contributed by atoms with Gasteiger partial charge in [0.05, 0.1) is 0 Å². The van der Waals surface area contributed by atoms with Gasteiger partial charge in [-0.25, -0.2) is 4.79 Å². The van der Waals surface area contributed by atoms with E-state index >= 15 is 0 Å². The summed E-state index contributed by atoms with van der Waals surface area (Å²) in [5.41, 5.74) is 0. The summed E-state index contributed by atoms with van der Waals surface area (Å²) >= 11 is 0. The maximum Gasteiger partial charge on any atom is 0.320 e. The second kappa shape index (κ2) is 8.25. The Morgan fingerprint density at radius 3 is 2.19 bits per heavy atom. The summed E-state index contributed by atoms with van der Waals surface area (Å²) in [5.74, 6) is -0.379. The quantitative estimate of drug-likeness (QED) is 0.871. The average molecular weight is 296 g/mol. The number of piperidine rings is 1. The van der Waals surface area contributed by atoms with Crippen LogP contribution in [0.2, 0.25) is 0 Å². The normalized spacial score (nSPS) is 24.3. The predicted octanol–water partition coefficient (Wildman–Crippen LogP) is 2.95. The first kappa shape index (κ1) is 16.1. The second-order valence-corrected chi connectivity index (χ2v) is 6.42. The van der Waals surface area contributed by atoms with Crippen molar-refractivity contribution in [3.8, 4) is 0 Å². The first-order valence-electron chi connectivity index (χ1n) is 8.42. The van der Waals surface area contributed by atoms with E-state index in [0.717, 1.165) is 51.9 Å². The summed E-state index contributed by atoms with van der Waals surface area (Å²) in [4.78, 5) is 27.3. The van der Waals surface area contributed by atoms with Crippen LogP contribution in [0.15, 0.2) is 0 Å². The molecule has 2 amide bonds.